The standard InChI is InChI=1S/C17H18N4O2/c1-11-6-12(7-18)2-3-15(11)17(22)19-8-13-4-5-23-16(13)14-9-20-21-10-14/h2-3,6,9-10,13,16H,4-5,8H2,1H3,(H,19,22)(H,20,21)/t13-,16+/m1/s1. The topological polar surface area (TPSA) is 90.8 Å². The van der Waals surface area contributed by atoms with E-state index in [4.69, 9.17) is 10.00 Å². The highest BCUT2D eigenvalue weighted by Crippen LogP contribution is 2.33. The molecule has 6 heteroatoms. The molecule has 1 aromatic heterocycles. The lowest BCUT2D eigenvalue weighted by atomic mass is 9.97. The fourth-order valence-electron chi connectivity index (χ4n) is 2.93. The van der Waals surface area contributed by atoms with Crippen molar-refractivity contribution in [3.63, 3.8) is 0 Å². The summed E-state index contributed by atoms with van der Waals surface area (Å²) in [7, 11) is 0. The van der Waals surface area contributed by atoms with Crippen LogP contribution in [0.25, 0.3) is 0 Å². The summed E-state index contributed by atoms with van der Waals surface area (Å²) < 4.78 is 5.75. The van der Waals surface area contributed by atoms with Crippen molar-refractivity contribution in [1.82, 2.24) is 15.5 Å². The predicted octanol–water partition coefficient (Wildman–Crippen LogP) is 2.10. The SMILES string of the molecule is Cc1cc(C#N)ccc1C(=O)NC[C@H]1CCO[C@@H]1c1cn[nH]c1. The Morgan fingerprint density at radius 3 is 3.13 bits per heavy atom. The van der Waals surface area contributed by atoms with Gasteiger partial charge in [0.25, 0.3) is 5.91 Å². The number of nitrogens with zero attached hydrogens (tertiary/aromatic N) is 2. The molecular weight excluding hydrogens is 292 g/mol. The summed E-state index contributed by atoms with van der Waals surface area (Å²) in [4.78, 5) is 12.4. The molecule has 23 heavy (non-hydrogen) atoms. The van der Waals surface area contributed by atoms with Gasteiger partial charge in [-0.2, -0.15) is 10.4 Å². The van der Waals surface area contributed by atoms with E-state index >= 15 is 0 Å². The van der Waals surface area contributed by atoms with E-state index in [9.17, 15) is 4.79 Å². The maximum absolute atomic E-state index is 12.4. The number of carbonyl (C=O) groups is 1. The fourth-order valence-corrected chi connectivity index (χ4v) is 2.93. The minimum atomic E-state index is -0.121. The third kappa shape index (κ3) is 3.25. The van der Waals surface area contributed by atoms with Crippen molar-refractivity contribution in [2.45, 2.75) is 19.4 Å². The Hall–Kier alpha value is -2.65. The second-order valence-electron chi connectivity index (χ2n) is 5.72. The van der Waals surface area contributed by atoms with Crippen molar-refractivity contribution in [3.8, 4) is 6.07 Å². The summed E-state index contributed by atoms with van der Waals surface area (Å²) in [5, 5.41) is 18.6. The molecule has 0 radical (unpaired) electrons. The molecule has 1 aromatic carbocycles. The van der Waals surface area contributed by atoms with Gasteiger partial charge in [0.05, 0.1) is 23.9 Å². The zero-order valence-electron chi connectivity index (χ0n) is 12.9. The Morgan fingerprint density at radius 1 is 1.57 bits per heavy atom. The molecule has 1 saturated heterocycles. The van der Waals surface area contributed by atoms with Crippen LogP contribution in [0.4, 0.5) is 0 Å². The van der Waals surface area contributed by atoms with Crippen molar-refractivity contribution >= 4 is 5.91 Å². The van der Waals surface area contributed by atoms with Gasteiger partial charge in [0.1, 0.15) is 0 Å². The zero-order valence-corrected chi connectivity index (χ0v) is 12.9. The van der Waals surface area contributed by atoms with Crippen molar-refractivity contribution in [3.05, 3.63) is 52.8 Å². The highest BCUT2D eigenvalue weighted by molar-refractivity contribution is 5.95. The second-order valence-corrected chi connectivity index (χ2v) is 5.72. The summed E-state index contributed by atoms with van der Waals surface area (Å²) in [6.07, 6.45) is 4.46. The number of aryl methyl sites for hydroxylation is 1. The van der Waals surface area contributed by atoms with Crippen LogP contribution in [0.2, 0.25) is 0 Å². The summed E-state index contributed by atoms with van der Waals surface area (Å²) in [5.74, 6) is 0.111. The Labute approximate surface area is 134 Å². The van der Waals surface area contributed by atoms with Crippen LogP contribution in [-0.4, -0.2) is 29.3 Å². The van der Waals surface area contributed by atoms with E-state index in [2.05, 4.69) is 21.6 Å². The van der Waals surface area contributed by atoms with Crippen molar-refractivity contribution in [2.75, 3.05) is 13.2 Å². The van der Waals surface area contributed by atoms with Crippen molar-refractivity contribution < 1.29 is 9.53 Å². The predicted molar refractivity (Wildman–Crippen MR) is 83.6 cm³/mol. The largest absolute Gasteiger partial charge is 0.373 e. The number of carbonyl (C=O) groups excluding carboxylic acids is 1. The number of ether oxygens (including phenoxy) is 1. The van der Waals surface area contributed by atoms with Crippen LogP contribution < -0.4 is 5.32 Å². The lowest BCUT2D eigenvalue weighted by Gasteiger charge is -2.18. The molecule has 0 aliphatic carbocycles. The van der Waals surface area contributed by atoms with Gasteiger partial charge in [-0.15, -0.1) is 0 Å². The molecule has 6 nitrogen and oxygen atoms in total. The summed E-state index contributed by atoms with van der Waals surface area (Å²) >= 11 is 0. The van der Waals surface area contributed by atoms with E-state index < -0.39 is 0 Å². The van der Waals surface area contributed by atoms with E-state index in [1.165, 1.54) is 0 Å². The maximum Gasteiger partial charge on any atom is 0.251 e. The molecule has 2 N–H and O–H groups in total. The number of nitriles is 1. The van der Waals surface area contributed by atoms with Gasteiger partial charge in [0.2, 0.25) is 0 Å². The maximum atomic E-state index is 12.4. The summed E-state index contributed by atoms with van der Waals surface area (Å²) in [6, 6.07) is 7.16. The van der Waals surface area contributed by atoms with Gasteiger partial charge >= 0.3 is 0 Å². The Bertz CT molecular complexity index is 734. The summed E-state index contributed by atoms with van der Waals surface area (Å²) in [6.45, 7) is 3.07. The molecule has 0 saturated carbocycles. The average Bonchev–Trinajstić information content (AvgIpc) is 3.23. The van der Waals surface area contributed by atoms with E-state index in [-0.39, 0.29) is 17.9 Å². The second kappa shape index (κ2) is 6.63. The van der Waals surface area contributed by atoms with Gasteiger partial charge in [-0.25, -0.2) is 0 Å². The van der Waals surface area contributed by atoms with E-state index in [1.54, 1.807) is 24.4 Å². The summed E-state index contributed by atoms with van der Waals surface area (Å²) in [5.41, 5.74) is 2.97. The first-order chi connectivity index (χ1) is 11.2. The van der Waals surface area contributed by atoms with Crippen LogP contribution in [0.5, 0.6) is 0 Å². The Morgan fingerprint density at radius 2 is 2.43 bits per heavy atom. The molecule has 2 heterocycles. The minimum absolute atomic E-state index is 0.0314. The molecule has 0 spiro atoms. The van der Waals surface area contributed by atoms with Crippen LogP contribution in [0.15, 0.2) is 30.6 Å². The normalized spacial score (nSPS) is 20.2. The molecule has 2 atom stereocenters. The fraction of sp³-hybridized carbons (Fsp3) is 0.353. The number of hydrogen-bond acceptors (Lipinski definition) is 4. The number of hydrogen-bond donors (Lipinski definition) is 2. The van der Waals surface area contributed by atoms with Crippen LogP contribution >= 0.6 is 0 Å². The number of rotatable bonds is 4. The van der Waals surface area contributed by atoms with Gasteiger partial charge < -0.3 is 10.1 Å². The third-order valence-electron chi connectivity index (χ3n) is 4.19. The molecule has 1 aliphatic rings. The number of aromatic nitrogens is 2. The number of amides is 1. The minimum Gasteiger partial charge on any atom is -0.373 e. The lowest BCUT2D eigenvalue weighted by molar-refractivity contribution is 0.0846. The molecule has 1 amide bonds. The molecule has 0 bridgehead atoms. The first-order valence-corrected chi connectivity index (χ1v) is 7.58. The van der Waals surface area contributed by atoms with E-state index in [0.29, 0.717) is 24.3 Å². The van der Waals surface area contributed by atoms with Gasteiger partial charge in [0.15, 0.2) is 0 Å². The van der Waals surface area contributed by atoms with Gasteiger partial charge in [-0.05, 0) is 37.1 Å². The average molecular weight is 310 g/mol. The van der Waals surface area contributed by atoms with E-state index in [1.807, 2.05) is 13.1 Å². The van der Waals surface area contributed by atoms with Gasteiger partial charge in [-0.1, -0.05) is 0 Å². The number of aromatic amines is 1. The molecule has 1 aliphatic heterocycles. The highest BCUT2D eigenvalue weighted by atomic mass is 16.5. The Balaban J connectivity index is 1.64. The van der Waals surface area contributed by atoms with Gasteiger partial charge in [-0.3, -0.25) is 9.89 Å². The van der Waals surface area contributed by atoms with Crippen molar-refractivity contribution in [1.29, 1.82) is 5.26 Å². The molecule has 2 aromatic rings. The quantitative estimate of drug-likeness (QED) is 0.904. The van der Waals surface area contributed by atoms with Crippen LogP contribution in [0.1, 0.15) is 39.6 Å². The molecule has 1 fully saturated rings. The first-order valence-electron chi connectivity index (χ1n) is 7.58. The highest BCUT2D eigenvalue weighted by Gasteiger charge is 2.30. The van der Waals surface area contributed by atoms with Gasteiger partial charge in [0, 0.05) is 36.4 Å². The number of nitrogens with one attached hydrogen (secondary N) is 2. The zero-order chi connectivity index (χ0) is 16.2. The Kier molecular flexibility index (Phi) is 4.40. The monoisotopic (exact) mass is 310 g/mol. The third-order valence-corrected chi connectivity index (χ3v) is 4.19. The van der Waals surface area contributed by atoms with Crippen molar-refractivity contribution in [2.24, 2.45) is 5.92 Å². The molecular formula is C17H18N4O2. The molecule has 3 rings (SSSR count). The van der Waals surface area contributed by atoms with Crippen LogP contribution in [0, 0.1) is 24.2 Å². The van der Waals surface area contributed by atoms with Crippen LogP contribution in [-0.2, 0) is 4.74 Å². The molecule has 118 valence electrons. The smallest absolute Gasteiger partial charge is 0.251 e. The first kappa shape index (κ1) is 15.3. The number of H-pyrrole nitrogens is 1. The van der Waals surface area contributed by atoms with Crippen LogP contribution in [0.3, 0.4) is 0 Å². The number of benzene rings is 1. The van der Waals surface area contributed by atoms with E-state index in [0.717, 1.165) is 17.5 Å². The lowest BCUT2D eigenvalue weighted by Crippen LogP contribution is -2.31. The molecule has 0 unspecified atom stereocenters.